The molecule has 1 saturated heterocycles. The summed E-state index contributed by atoms with van der Waals surface area (Å²) < 4.78 is 11.7. The summed E-state index contributed by atoms with van der Waals surface area (Å²) in [5.41, 5.74) is 2.02. The summed E-state index contributed by atoms with van der Waals surface area (Å²) in [5, 5.41) is 14.2. The van der Waals surface area contributed by atoms with Crippen LogP contribution in [-0.2, 0) is 4.74 Å². The van der Waals surface area contributed by atoms with Gasteiger partial charge < -0.3 is 24.8 Å². The number of piperidine rings is 1. The zero-order valence-electron chi connectivity index (χ0n) is 20.6. The minimum atomic E-state index is -0.196. The molecule has 4 atom stereocenters. The van der Waals surface area contributed by atoms with Gasteiger partial charge in [0.25, 0.3) is 0 Å². The van der Waals surface area contributed by atoms with Crippen molar-refractivity contribution in [1.29, 1.82) is 0 Å². The maximum atomic E-state index is 9.98. The highest BCUT2D eigenvalue weighted by Gasteiger charge is 2.31. The predicted molar refractivity (Wildman–Crippen MR) is 130 cm³/mol. The van der Waals surface area contributed by atoms with Crippen molar-refractivity contribution in [2.24, 2.45) is 0 Å². The number of nitrogens with one attached hydrogen (secondary N) is 1. The molecule has 0 bridgehead atoms. The second-order valence-corrected chi connectivity index (χ2v) is 10.1. The Morgan fingerprint density at radius 1 is 1.12 bits per heavy atom. The Labute approximate surface area is 197 Å². The van der Waals surface area contributed by atoms with Gasteiger partial charge in [-0.3, -0.25) is 0 Å². The zero-order valence-corrected chi connectivity index (χ0v) is 20.6. The van der Waals surface area contributed by atoms with Crippen LogP contribution in [0, 0.1) is 0 Å². The molecule has 1 saturated carbocycles. The predicted octanol–water partition coefficient (Wildman–Crippen LogP) is 3.74. The minimum Gasteiger partial charge on any atom is -0.474 e. The average molecular weight is 458 g/mol. The van der Waals surface area contributed by atoms with Crippen LogP contribution in [0.1, 0.15) is 70.8 Å². The van der Waals surface area contributed by atoms with Gasteiger partial charge in [0.05, 0.1) is 23.6 Å². The molecule has 4 rings (SSSR count). The van der Waals surface area contributed by atoms with Gasteiger partial charge in [0, 0.05) is 43.2 Å². The van der Waals surface area contributed by atoms with Crippen LogP contribution in [0.3, 0.4) is 0 Å². The summed E-state index contributed by atoms with van der Waals surface area (Å²) in [4.78, 5) is 16.7. The number of ether oxygens (including phenoxy) is 2. The fraction of sp³-hybridized carbons (Fsp3) is 0.720. The first-order valence-corrected chi connectivity index (χ1v) is 12.3. The van der Waals surface area contributed by atoms with Crippen LogP contribution >= 0.6 is 0 Å². The number of aromatic nitrogens is 3. The number of aliphatic hydroxyl groups excluding tert-OH is 1. The Kier molecular flexibility index (Phi) is 7.66. The SMILES string of the molecule is COC[C@H](C)Nc1ncc2c(OC3C[C@@H](C)N(C)[C@@H](C)C3)ncc([C@H]3CC[C@H](O)CC3)c2n1. The van der Waals surface area contributed by atoms with Gasteiger partial charge in [-0.05, 0) is 72.3 Å². The molecule has 0 aromatic carbocycles. The third-order valence-electron chi connectivity index (χ3n) is 7.42. The normalized spacial score (nSPS) is 29.7. The maximum absolute atomic E-state index is 9.98. The number of hydrogen-bond donors (Lipinski definition) is 2. The van der Waals surface area contributed by atoms with E-state index in [1.807, 2.05) is 19.3 Å². The van der Waals surface area contributed by atoms with E-state index in [9.17, 15) is 5.11 Å². The van der Waals surface area contributed by atoms with E-state index in [0.717, 1.165) is 55.0 Å². The van der Waals surface area contributed by atoms with Crippen LogP contribution in [-0.4, -0.2) is 76.1 Å². The van der Waals surface area contributed by atoms with Gasteiger partial charge in [-0.1, -0.05) is 0 Å². The first-order chi connectivity index (χ1) is 15.9. The fourth-order valence-electron chi connectivity index (χ4n) is 5.26. The van der Waals surface area contributed by atoms with E-state index in [4.69, 9.17) is 19.4 Å². The largest absolute Gasteiger partial charge is 0.474 e. The summed E-state index contributed by atoms with van der Waals surface area (Å²) >= 11 is 0. The zero-order chi connectivity index (χ0) is 23.5. The third-order valence-corrected chi connectivity index (χ3v) is 7.42. The van der Waals surface area contributed by atoms with Crippen LogP contribution in [0.15, 0.2) is 12.4 Å². The molecule has 8 heteroatoms. The Hall–Kier alpha value is -2.03. The van der Waals surface area contributed by atoms with Crippen molar-refractivity contribution in [3.8, 4) is 5.88 Å². The Morgan fingerprint density at radius 3 is 2.48 bits per heavy atom. The number of aliphatic hydroxyl groups is 1. The number of nitrogens with zero attached hydrogens (tertiary/aromatic N) is 4. The highest BCUT2D eigenvalue weighted by atomic mass is 16.5. The van der Waals surface area contributed by atoms with E-state index in [0.29, 0.717) is 36.4 Å². The van der Waals surface area contributed by atoms with E-state index in [1.54, 1.807) is 7.11 Å². The van der Waals surface area contributed by atoms with Crippen molar-refractivity contribution in [2.75, 3.05) is 26.1 Å². The van der Waals surface area contributed by atoms with E-state index in [1.165, 1.54) is 0 Å². The van der Waals surface area contributed by atoms with Gasteiger partial charge in [0.15, 0.2) is 0 Å². The number of hydrogen-bond acceptors (Lipinski definition) is 8. The van der Waals surface area contributed by atoms with Gasteiger partial charge in [-0.15, -0.1) is 0 Å². The number of likely N-dealkylation sites (tertiary alicyclic amines) is 1. The molecule has 8 nitrogen and oxygen atoms in total. The summed E-state index contributed by atoms with van der Waals surface area (Å²) in [7, 11) is 3.87. The number of anilines is 1. The number of fused-ring (bicyclic) bond motifs is 1. The molecule has 2 aromatic heterocycles. The molecular formula is C25H39N5O3. The van der Waals surface area contributed by atoms with E-state index < -0.39 is 0 Å². The topological polar surface area (TPSA) is 92.6 Å². The highest BCUT2D eigenvalue weighted by molar-refractivity contribution is 5.86. The molecule has 33 heavy (non-hydrogen) atoms. The Morgan fingerprint density at radius 2 is 1.82 bits per heavy atom. The summed E-state index contributed by atoms with van der Waals surface area (Å²) in [6.07, 6.45) is 9.17. The van der Waals surface area contributed by atoms with E-state index in [2.05, 4.69) is 36.1 Å². The van der Waals surface area contributed by atoms with E-state index >= 15 is 0 Å². The fourth-order valence-corrected chi connectivity index (χ4v) is 5.26. The molecule has 1 aliphatic heterocycles. The van der Waals surface area contributed by atoms with Gasteiger partial charge in [0.2, 0.25) is 11.8 Å². The van der Waals surface area contributed by atoms with Crippen molar-refractivity contribution < 1.29 is 14.6 Å². The van der Waals surface area contributed by atoms with Crippen LogP contribution in [0.4, 0.5) is 5.95 Å². The van der Waals surface area contributed by atoms with Crippen LogP contribution in [0.2, 0.25) is 0 Å². The molecule has 0 spiro atoms. The third kappa shape index (κ3) is 5.55. The smallest absolute Gasteiger partial charge is 0.224 e. The van der Waals surface area contributed by atoms with Crippen LogP contribution in [0.5, 0.6) is 5.88 Å². The van der Waals surface area contributed by atoms with Gasteiger partial charge in [-0.25, -0.2) is 15.0 Å². The molecule has 1 unspecified atom stereocenters. The quantitative estimate of drug-likeness (QED) is 0.650. The van der Waals surface area contributed by atoms with Crippen molar-refractivity contribution in [2.45, 2.75) is 95.5 Å². The number of pyridine rings is 1. The van der Waals surface area contributed by atoms with Crippen molar-refractivity contribution >= 4 is 16.9 Å². The minimum absolute atomic E-state index is 0.0977. The monoisotopic (exact) mass is 457 g/mol. The maximum Gasteiger partial charge on any atom is 0.224 e. The van der Waals surface area contributed by atoms with E-state index in [-0.39, 0.29) is 18.2 Å². The first kappa shape index (κ1) is 24.1. The second kappa shape index (κ2) is 10.5. The lowest BCUT2D eigenvalue weighted by molar-refractivity contribution is 0.0415. The van der Waals surface area contributed by atoms with Crippen LogP contribution in [0.25, 0.3) is 10.9 Å². The number of methoxy groups -OCH3 is 1. The molecule has 2 fully saturated rings. The average Bonchev–Trinajstić information content (AvgIpc) is 2.78. The van der Waals surface area contributed by atoms with Gasteiger partial charge >= 0.3 is 0 Å². The standard InChI is InChI=1S/C25H39N5O3/c1-15(14-32-5)28-25-27-13-22-23(29-25)21(18-6-8-19(31)9-7-18)12-26-24(22)33-20-10-16(2)30(4)17(3)11-20/h12-13,15-20,31H,6-11,14H2,1-5H3,(H,27,28,29)/t15-,16-,17+,18-,19-,20?/m0/s1. The first-order valence-electron chi connectivity index (χ1n) is 12.3. The molecule has 3 heterocycles. The van der Waals surface area contributed by atoms with Crippen LogP contribution < -0.4 is 10.1 Å². The summed E-state index contributed by atoms with van der Waals surface area (Å²) in [6.45, 7) is 7.12. The number of rotatable bonds is 7. The highest BCUT2D eigenvalue weighted by Crippen LogP contribution is 2.38. The lowest BCUT2D eigenvalue weighted by atomic mass is 9.83. The lowest BCUT2D eigenvalue weighted by Crippen LogP contribution is -2.47. The molecule has 0 radical (unpaired) electrons. The van der Waals surface area contributed by atoms with Crippen molar-refractivity contribution in [3.05, 3.63) is 18.0 Å². The molecule has 1 aliphatic carbocycles. The molecule has 2 N–H and O–H groups in total. The molecule has 182 valence electrons. The van der Waals surface area contributed by atoms with Crippen molar-refractivity contribution in [3.63, 3.8) is 0 Å². The summed E-state index contributed by atoms with van der Waals surface area (Å²) in [5.74, 6) is 1.54. The molecule has 0 amide bonds. The van der Waals surface area contributed by atoms with Crippen molar-refractivity contribution in [1.82, 2.24) is 19.9 Å². The Bertz CT molecular complexity index is 922. The molecular weight excluding hydrogens is 418 g/mol. The molecule has 2 aromatic rings. The lowest BCUT2D eigenvalue weighted by Gasteiger charge is -2.40. The summed E-state index contributed by atoms with van der Waals surface area (Å²) in [6, 6.07) is 1.03. The van der Waals surface area contributed by atoms with Gasteiger partial charge in [-0.2, -0.15) is 0 Å². The second-order valence-electron chi connectivity index (χ2n) is 10.1. The Balaban J connectivity index is 1.66. The molecule has 2 aliphatic rings. The van der Waals surface area contributed by atoms with Gasteiger partial charge in [0.1, 0.15) is 6.10 Å².